The third kappa shape index (κ3) is 4.96. The molecule has 0 bridgehead atoms. The molecule has 1 fully saturated rings. The highest BCUT2D eigenvalue weighted by molar-refractivity contribution is 5.92. The zero-order valence-corrected chi connectivity index (χ0v) is 16.3. The van der Waals surface area contributed by atoms with E-state index in [4.69, 9.17) is 0 Å². The van der Waals surface area contributed by atoms with E-state index in [0.717, 1.165) is 44.7 Å². The molecule has 1 N–H and O–H groups in total. The van der Waals surface area contributed by atoms with Crippen LogP contribution in [0.25, 0.3) is 0 Å². The minimum Gasteiger partial charge on any atom is -0.372 e. The maximum absolute atomic E-state index is 12.6. The van der Waals surface area contributed by atoms with E-state index in [1.54, 1.807) is 6.07 Å². The lowest BCUT2D eigenvalue weighted by Crippen LogP contribution is -2.33. The van der Waals surface area contributed by atoms with E-state index in [1.807, 2.05) is 11.0 Å². The quantitative estimate of drug-likeness (QED) is 0.762. The molecule has 1 aliphatic heterocycles. The number of anilines is 3. The number of carbonyl (C=O) groups is 1. The first-order valence-corrected chi connectivity index (χ1v) is 9.96. The van der Waals surface area contributed by atoms with Crippen LogP contribution in [0, 0.1) is 0 Å². The van der Waals surface area contributed by atoms with Crippen molar-refractivity contribution in [2.45, 2.75) is 39.5 Å². The van der Waals surface area contributed by atoms with Crippen LogP contribution in [-0.2, 0) is 0 Å². The summed E-state index contributed by atoms with van der Waals surface area (Å²) in [6.07, 6.45) is 4.42. The Hall–Kier alpha value is -2.63. The van der Waals surface area contributed by atoms with E-state index in [-0.39, 0.29) is 5.91 Å². The maximum atomic E-state index is 12.6. The monoisotopic (exact) mass is 367 g/mol. The van der Waals surface area contributed by atoms with Gasteiger partial charge in [0.25, 0.3) is 5.91 Å². The Morgan fingerprint density at radius 1 is 1.00 bits per heavy atom. The van der Waals surface area contributed by atoms with E-state index in [9.17, 15) is 4.79 Å². The fourth-order valence-corrected chi connectivity index (χ4v) is 3.41. The average molecular weight is 367 g/mol. The molecule has 1 amide bonds. The first-order valence-electron chi connectivity index (χ1n) is 9.96. The summed E-state index contributed by atoms with van der Waals surface area (Å²) in [4.78, 5) is 16.8. The second-order valence-corrected chi connectivity index (χ2v) is 6.96. The molecule has 1 aromatic carbocycles. The van der Waals surface area contributed by atoms with Crippen LogP contribution in [0.15, 0.2) is 36.4 Å². The highest BCUT2D eigenvalue weighted by Crippen LogP contribution is 2.23. The third-order valence-electron chi connectivity index (χ3n) is 4.77. The molecule has 6 heteroatoms. The van der Waals surface area contributed by atoms with Crippen molar-refractivity contribution in [1.82, 2.24) is 15.1 Å². The molecule has 27 heavy (non-hydrogen) atoms. The van der Waals surface area contributed by atoms with E-state index in [2.05, 4.69) is 58.5 Å². The van der Waals surface area contributed by atoms with Gasteiger partial charge in [0.15, 0.2) is 11.5 Å². The van der Waals surface area contributed by atoms with Gasteiger partial charge >= 0.3 is 0 Å². The van der Waals surface area contributed by atoms with Crippen molar-refractivity contribution in [2.75, 3.05) is 36.4 Å². The van der Waals surface area contributed by atoms with Gasteiger partial charge in [0.1, 0.15) is 0 Å². The summed E-state index contributed by atoms with van der Waals surface area (Å²) >= 11 is 0. The number of aromatic nitrogens is 2. The first kappa shape index (κ1) is 19.1. The maximum Gasteiger partial charge on any atom is 0.274 e. The van der Waals surface area contributed by atoms with Gasteiger partial charge in [-0.15, -0.1) is 10.2 Å². The van der Waals surface area contributed by atoms with Crippen molar-refractivity contribution in [3.63, 3.8) is 0 Å². The molecule has 0 radical (unpaired) electrons. The molecule has 2 aromatic rings. The second-order valence-electron chi connectivity index (χ2n) is 6.96. The molecule has 0 atom stereocenters. The molecule has 0 aliphatic carbocycles. The van der Waals surface area contributed by atoms with Gasteiger partial charge in [-0.1, -0.05) is 13.8 Å². The summed E-state index contributed by atoms with van der Waals surface area (Å²) < 4.78 is 0. The van der Waals surface area contributed by atoms with E-state index in [0.29, 0.717) is 11.5 Å². The molecule has 6 nitrogen and oxygen atoms in total. The standard InChI is InChI=1S/C21H29N5O/c1-3-13-26(14-4-2)21(27)19-11-12-20(24-23-19)22-17-7-9-18(10-8-17)25-15-5-6-16-25/h7-12H,3-6,13-16H2,1-2H3,(H,22,24). The summed E-state index contributed by atoms with van der Waals surface area (Å²) in [5.41, 5.74) is 2.62. The van der Waals surface area contributed by atoms with Gasteiger partial charge < -0.3 is 15.1 Å². The summed E-state index contributed by atoms with van der Waals surface area (Å²) in [7, 11) is 0. The molecule has 3 rings (SSSR count). The van der Waals surface area contributed by atoms with Crippen LogP contribution in [0.2, 0.25) is 0 Å². The Balaban J connectivity index is 1.62. The van der Waals surface area contributed by atoms with Crippen molar-refractivity contribution >= 4 is 23.1 Å². The van der Waals surface area contributed by atoms with Crippen LogP contribution in [0.1, 0.15) is 50.0 Å². The number of benzene rings is 1. The van der Waals surface area contributed by atoms with Gasteiger partial charge in [0.05, 0.1) is 0 Å². The predicted octanol–water partition coefficient (Wildman–Crippen LogP) is 4.08. The minimum absolute atomic E-state index is 0.0484. The fraction of sp³-hybridized carbons (Fsp3) is 0.476. The lowest BCUT2D eigenvalue weighted by molar-refractivity contribution is 0.0748. The van der Waals surface area contributed by atoms with Crippen molar-refractivity contribution < 1.29 is 4.79 Å². The van der Waals surface area contributed by atoms with Gasteiger partial charge in [0, 0.05) is 37.6 Å². The zero-order valence-electron chi connectivity index (χ0n) is 16.3. The first-order chi connectivity index (χ1) is 13.2. The van der Waals surface area contributed by atoms with Crippen molar-refractivity contribution in [2.24, 2.45) is 0 Å². The molecule has 2 heterocycles. The van der Waals surface area contributed by atoms with Gasteiger partial charge in [-0.05, 0) is 62.1 Å². The van der Waals surface area contributed by atoms with Crippen molar-refractivity contribution in [3.8, 4) is 0 Å². The SMILES string of the molecule is CCCN(CCC)C(=O)c1ccc(Nc2ccc(N3CCCC3)cc2)nn1. The number of hydrogen-bond donors (Lipinski definition) is 1. The zero-order chi connectivity index (χ0) is 19.1. The summed E-state index contributed by atoms with van der Waals surface area (Å²) in [6.45, 7) is 7.92. The Morgan fingerprint density at radius 2 is 1.67 bits per heavy atom. The van der Waals surface area contributed by atoms with Crippen LogP contribution >= 0.6 is 0 Å². The van der Waals surface area contributed by atoms with Gasteiger partial charge in [-0.3, -0.25) is 4.79 Å². The minimum atomic E-state index is -0.0484. The lowest BCUT2D eigenvalue weighted by atomic mass is 10.2. The van der Waals surface area contributed by atoms with E-state index in [1.165, 1.54) is 18.5 Å². The van der Waals surface area contributed by atoms with Crippen LogP contribution in [0.4, 0.5) is 17.2 Å². The largest absolute Gasteiger partial charge is 0.372 e. The number of carbonyl (C=O) groups excluding carboxylic acids is 1. The number of nitrogens with one attached hydrogen (secondary N) is 1. The summed E-state index contributed by atoms with van der Waals surface area (Å²) in [5, 5.41) is 11.6. The smallest absolute Gasteiger partial charge is 0.274 e. The predicted molar refractivity (Wildman–Crippen MR) is 110 cm³/mol. The van der Waals surface area contributed by atoms with Crippen LogP contribution in [-0.4, -0.2) is 47.2 Å². The normalized spacial score (nSPS) is 13.6. The van der Waals surface area contributed by atoms with E-state index >= 15 is 0 Å². The third-order valence-corrected chi connectivity index (χ3v) is 4.77. The second kappa shape index (κ2) is 9.35. The summed E-state index contributed by atoms with van der Waals surface area (Å²) in [5.74, 6) is 0.589. The number of amides is 1. The van der Waals surface area contributed by atoms with Crippen molar-refractivity contribution in [1.29, 1.82) is 0 Å². The molecule has 144 valence electrons. The van der Waals surface area contributed by atoms with Gasteiger partial charge in [-0.25, -0.2) is 0 Å². The molecule has 0 spiro atoms. The van der Waals surface area contributed by atoms with Crippen LogP contribution in [0.5, 0.6) is 0 Å². The Labute approximate surface area is 161 Å². The summed E-state index contributed by atoms with van der Waals surface area (Å²) in [6, 6.07) is 11.9. The Kier molecular flexibility index (Phi) is 6.63. The van der Waals surface area contributed by atoms with Crippen LogP contribution < -0.4 is 10.2 Å². The molecule has 1 aliphatic rings. The number of rotatable bonds is 8. The fourth-order valence-electron chi connectivity index (χ4n) is 3.41. The van der Waals surface area contributed by atoms with Gasteiger partial charge in [-0.2, -0.15) is 0 Å². The highest BCUT2D eigenvalue weighted by atomic mass is 16.2. The molecule has 0 saturated carbocycles. The average Bonchev–Trinajstić information content (AvgIpc) is 3.23. The molecule has 1 saturated heterocycles. The lowest BCUT2D eigenvalue weighted by Gasteiger charge is -2.20. The molecule has 0 unspecified atom stereocenters. The molecular formula is C21H29N5O. The molecule has 1 aromatic heterocycles. The van der Waals surface area contributed by atoms with E-state index < -0.39 is 0 Å². The highest BCUT2D eigenvalue weighted by Gasteiger charge is 2.16. The van der Waals surface area contributed by atoms with Gasteiger partial charge in [0.2, 0.25) is 0 Å². The van der Waals surface area contributed by atoms with Crippen molar-refractivity contribution in [3.05, 3.63) is 42.1 Å². The number of hydrogen-bond acceptors (Lipinski definition) is 5. The Bertz CT molecular complexity index is 717. The van der Waals surface area contributed by atoms with Crippen LogP contribution in [0.3, 0.4) is 0 Å². The topological polar surface area (TPSA) is 61.4 Å². The number of nitrogens with zero attached hydrogens (tertiary/aromatic N) is 4. The Morgan fingerprint density at radius 3 is 2.22 bits per heavy atom. The molecular weight excluding hydrogens is 338 g/mol.